The molecule has 0 bridgehead atoms. The molecule has 1 aromatic heterocycles. The van der Waals surface area contributed by atoms with Crippen molar-refractivity contribution in [3.8, 4) is 0 Å². The molecule has 23 heavy (non-hydrogen) atoms. The fraction of sp³-hybridized carbons (Fsp3) is 0.850. The lowest BCUT2D eigenvalue weighted by Crippen LogP contribution is -2.26. The maximum absolute atomic E-state index is 10.0. The van der Waals surface area contributed by atoms with Crippen LogP contribution in [-0.4, -0.2) is 10.3 Å². The maximum Gasteiger partial charge on any atom is 0.145 e. The van der Waals surface area contributed by atoms with Gasteiger partial charge in [-0.1, -0.05) is 43.7 Å². The van der Waals surface area contributed by atoms with Gasteiger partial charge >= 0.3 is 0 Å². The van der Waals surface area contributed by atoms with Gasteiger partial charge in [-0.3, -0.25) is 0 Å². The van der Waals surface area contributed by atoms with Crippen molar-refractivity contribution in [2.75, 3.05) is 0 Å². The monoisotopic (exact) mass is 317 g/mol. The number of nitrogens with zero attached hydrogens (tertiary/aromatic N) is 1. The molecule has 0 saturated heterocycles. The normalized spacial score (nSPS) is 24.4. The minimum absolute atomic E-state index is 0.112. The molecule has 1 N–H and O–H groups in total. The van der Waals surface area contributed by atoms with Gasteiger partial charge in [0.05, 0.1) is 12.3 Å². The summed E-state index contributed by atoms with van der Waals surface area (Å²) in [7, 11) is 0. The van der Waals surface area contributed by atoms with Crippen LogP contribution < -0.4 is 0 Å². The van der Waals surface area contributed by atoms with E-state index in [0.29, 0.717) is 11.8 Å². The molecule has 3 nitrogen and oxygen atoms in total. The van der Waals surface area contributed by atoms with Crippen LogP contribution >= 0.6 is 0 Å². The highest BCUT2D eigenvalue weighted by atomic mass is 16.5. The van der Waals surface area contributed by atoms with E-state index in [4.69, 9.17) is 4.52 Å². The summed E-state index contributed by atoms with van der Waals surface area (Å²) < 4.78 is 5.76. The van der Waals surface area contributed by atoms with Gasteiger partial charge in [0, 0.05) is 17.4 Å². The van der Waals surface area contributed by atoms with Crippen molar-refractivity contribution in [1.82, 2.24) is 5.16 Å². The predicted molar refractivity (Wildman–Crippen MR) is 90.3 cm³/mol. The van der Waals surface area contributed by atoms with Gasteiger partial charge in [-0.25, -0.2) is 0 Å². The van der Waals surface area contributed by atoms with E-state index in [-0.39, 0.29) is 6.61 Å². The quantitative estimate of drug-likeness (QED) is 0.802. The summed E-state index contributed by atoms with van der Waals surface area (Å²) in [5, 5.41) is 14.6. The number of hydrogen-bond acceptors (Lipinski definition) is 3. The zero-order valence-electron chi connectivity index (χ0n) is 14.3. The van der Waals surface area contributed by atoms with E-state index in [1.165, 1.54) is 77.0 Å². The van der Waals surface area contributed by atoms with Gasteiger partial charge in [0.1, 0.15) is 5.76 Å². The van der Waals surface area contributed by atoms with Crippen LogP contribution in [0.25, 0.3) is 0 Å². The molecule has 3 fully saturated rings. The average molecular weight is 317 g/mol. The Morgan fingerprint density at radius 2 is 1.43 bits per heavy atom. The molecule has 0 spiro atoms. The van der Waals surface area contributed by atoms with Gasteiger partial charge < -0.3 is 9.63 Å². The Labute approximate surface area is 139 Å². The Morgan fingerprint density at radius 1 is 0.870 bits per heavy atom. The molecule has 0 radical (unpaired) electrons. The number of aliphatic hydroxyl groups is 1. The number of aromatic nitrogens is 1. The molecule has 0 atom stereocenters. The summed E-state index contributed by atoms with van der Waals surface area (Å²) in [6, 6.07) is 0. The van der Waals surface area contributed by atoms with Gasteiger partial charge in [0.15, 0.2) is 0 Å². The zero-order valence-corrected chi connectivity index (χ0v) is 14.3. The largest absolute Gasteiger partial charge is 0.391 e. The summed E-state index contributed by atoms with van der Waals surface area (Å²) >= 11 is 0. The maximum atomic E-state index is 10.0. The van der Waals surface area contributed by atoms with Crippen LogP contribution in [0.1, 0.15) is 106 Å². The Bertz CT molecular complexity index is 490. The molecule has 1 aromatic rings. The molecule has 1 heterocycles. The summed E-state index contributed by atoms with van der Waals surface area (Å²) in [6.07, 6.45) is 16.1. The number of aliphatic hydroxyl groups excluding tert-OH is 1. The lowest BCUT2D eigenvalue weighted by molar-refractivity contribution is 0.191. The Balaban J connectivity index is 1.65. The molecule has 0 unspecified atom stereocenters. The molecule has 128 valence electrons. The van der Waals surface area contributed by atoms with Crippen molar-refractivity contribution in [2.45, 2.75) is 95.5 Å². The third kappa shape index (κ3) is 3.22. The van der Waals surface area contributed by atoms with E-state index >= 15 is 0 Å². The first-order valence-electron chi connectivity index (χ1n) is 9.97. The SMILES string of the molecule is OCc1c(C(C2CCCCC2)C2CCCCC2)noc1C1CC1. The summed E-state index contributed by atoms with van der Waals surface area (Å²) in [6.45, 7) is 0.112. The van der Waals surface area contributed by atoms with Crippen molar-refractivity contribution >= 4 is 0 Å². The van der Waals surface area contributed by atoms with Gasteiger partial charge in [-0.15, -0.1) is 0 Å². The van der Waals surface area contributed by atoms with Crippen LogP contribution in [0, 0.1) is 11.8 Å². The molecule has 0 aliphatic heterocycles. The number of hydrogen-bond donors (Lipinski definition) is 1. The third-order valence-electron chi connectivity index (χ3n) is 6.59. The van der Waals surface area contributed by atoms with E-state index in [1.807, 2.05) is 0 Å². The first-order valence-corrected chi connectivity index (χ1v) is 9.97. The van der Waals surface area contributed by atoms with E-state index in [9.17, 15) is 5.11 Å². The Hall–Kier alpha value is -0.830. The Kier molecular flexibility index (Phi) is 4.75. The van der Waals surface area contributed by atoms with Crippen molar-refractivity contribution in [2.24, 2.45) is 11.8 Å². The first kappa shape index (κ1) is 15.7. The van der Waals surface area contributed by atoms with Crippen LogP contribution in [0.5, 0.6) is 0 Å². The second kappa shape index (κ2) is 6.96. The van der Waals surface area contributed by atoms with E-state index in [0.717, 1.165) is 28.9 Å². The van der Waals surface area contributed by atoms with E-state index in [2.05, 4.69) is 5.16 Å². The van der Waals surface area contributed by atoms with E-state index in [1.54, 1.807) is 0 Å². The average Bonchev–Trinajstić information content (AvgIpc) is 3.37. The lowest BCUT2D eigenvalue weighted by atomic mass is 9.67. The third-order valence-corrected chi connectivity index (χ3v) is 6.59. The Morgan fingerprint density at radius 3 is 1.91 bits per heavy atom. The summed E-state index contributed by atoms with van der Waals surface area (Å²) in [4.78, 5) is 0. The van der Waals surface area contributed by atoms with Crippen molar-refractivity contribution in [3.05, 3.63) is 17.0 Å². The van der Waals surface area contributed by atoms with Crippen LogP contribution in [0.3, 0.4) is 0 Å². The second-order valence-corrected chi connectivity index (χ2v) is 8.16. The van der Waals surface area contributed by atoms with Crippen LogP contribution in [0.4, 0.5) is 0 Å². The van der Waals surface area contributed by atoms with Gasteiger partial charge in [-0.2, -0.15) is 0 Å². The fourth-order valence-electron chi connectivity index (χ4n) is 5.24. The lowest BCUT2D eigenvalue weighted by Gasteiger charge is -2.37. The highest BCUT2D eigenvalue weighted by Gasteiger charge is 2.39. The summed E-state index contributed by atoms with van der Waals surface area (Å²) in [5.41, 5.74) is 2.21. The fourth-order valence-corrected chi connectivity index (χ4v) is 5.24. The minimum Gasteiger partial charge on any atom is -0.391 e. The smallest absolute Gasteiger partial charge is 0.145 e. The van der Waals surface area contributed by atoms with Crippen LogP contribution in [0.2, 0.25) is 0 Å². The second-order valence-electron chi connectivity index (χ2n) is 8.16. The number of rotatable bonds is 5. The molecule has 3 aliphatic rings. The minimum atomic E-state index is 0.112. The molecule has 4 rings (SSSR count). The molecule has 3 heteroatoms. The van der Waals surface area contributed by atoms with E-state index < -0.39 is 0 Å². The highest BCUT2D eigenvalue weighted by Crippen LogP contribution is 2.49. The molecule has 0 aromatic carbocycles. The van der Waals surface area contributed by atoms with Crippen LogP contribution in [0.15, 0.2) is 4.52 Å². The zero-order chi connectivity index (χ0) is 15.6. The molecular formula is C20H31NO2. The standard InChI is InChI=1S/C20H31NO2/c22-13-17-19(21-23-20(17)16-11-12-16)18(14-7-3-1-4-8-14)15-9-5-2-6-10-15/h14-16,18,22H,1-13H2. The first-order chi connectivity index (χ1) is 11.4. The van der Waals surface area contributed by atoms with Gasteiger partial charge in [-0.05, 0) is 50.4 Å². The molecule has 0 amide bonds. The molecular weight excluding hydrogens is 286 g/mol. The van der Waals surface area contributed by atoms with Gasteiger partial charge in [0.25, 0.3) is 0 Å². The van der Waals surface area contributed by atoms with Crippen molar-refractivity contribution < 1.29 is 9.63 Å². The van der Waals surface area contributed by atoms with Crippen LogP contribution in [-0.2, 0) is 6.61 Å². The van der Waals surface area contributed by atoms with Crippen molar-refractivity contribution in [1.29, 1.82) is 0 Å². The topological polar surface area (TPSA) is 46.3 Å². The molecule has 3 aliphatic carbocycles. The van der Waals surface area contributed by atoms with Crippen molar-refractivity contribution in [3.63, 3.8) is 0 Å². The molecule has 3 saturated carbocycles. The predicted octanol–water partition coefficient (Wildman–Crippen LogP) is 5.29. The highest BCUT2D eigenvalue weighted by molar-refractivity contribution is 5.31. The summed E-state index contributed by atoms with van der Waals surface area (Å²) in [5.74, 6) is 3.61. The van der Waals surface area contributed by atoms with Gasteiger partial charge in [0.2, 0.25) is 0 Å².